The van der Waals surface area contributed by atoms with E-state index in [-0.39, 0.29) is 0 Å². The van der Waals surface area contributed by atoms with Crippen LogP contribution in [-0.4, -0.2) is 26.3 Å². The molecule has 0 radical (unpaired) electrons. The summed E-state index contributed by atoms with van der Waals surface area (Å²) in [6.07, 6.45) is 1.44. The molecule has 7 heteroatoms. The summed E-state index contributed by atoms with van der Waals surface area (Å²) in [7, 11) is 3.01. The summed E-state index contributed by atoms with van der Waals surface area (Å²) >= 11 is 11.8. The van der Waals surface area contributed by atoms with E-state index in [9.17, 15) is 4.79 Å². The van der Waals surface area contributed by atoms with Crippen molar-refractivity contribution in [2.75, 3.05) is 14.2 Å². The average molecular weight is 353 g/mol. The molecule has 0 unspecified atom stereocenters. The zero-order valence-electron chi connectivity index (χ0n) is 12.5. The predicted molar refractivity (Wildman–Crippen MR) is 91.1 cm³/mol. The minimum Gasteiger partial charge on any atom is -0.497 e. The van der Waals surface area contributed by atoms with Crippen LogP contribution in [0.1, 0.15) is 15.9 Å². The summed E-state index contributed by atoms with van der Waals surface area (Å²) in [5.41, 5.74) is 3.40. The normalized spacial score (nSPS) is 10.6. The number of nitrogens with zero attached hydrogens (tertiary/aromatic N) is 1. The number of amides is 1. The van der Waals surface area contributed by atoms with Crippen LogP contribution in [0.15, 0.2) is 41.5 Å². The summed E-state index contributed by atoms with van der Waals surface area (Å²) in [4.78, 5) is 12.2. The number of benzene rings is 2. The molecule has 2 aromatic carbocycles. The molecule has 2 rings (SSSR count). The van der Waals surface area contributed by atoms with E-state index in [4.69, 9.17) is 32.7 Å². The Morgan fingerprint density at radius 1 is 1.13 bits per heavy atom. The van der Waals surface area contributed by atoms with Gasteiger partial charge in [0, 0.05) is 16.7 Å². The van der Waals surface area contributed by atoms with Crippen LogP contribution in [0.4, 0.5) is 0 Å². The minimum absolute atomic E-state index is 0.340. The van der Waals surface area contributed by atoms with Crippen LogP contribution in [0.2, 0.25) is 10.0 Å². The molecule has 120 valence electrons. The summed E-state index contributed by atoms with van der Waals surface area (Å²) in [6.45, 7) is 0. The molecule has 0 atom stereocenters. The molecule has 0 bridgehead atoms. The maximum Gasteiger partial charge on any atom is 0.275 e. The molecular formula is C16H14Cl2N2O3. The van der Waals surface area contributed by atoms with Gasteiger partial charge in [-0.1, -0.05) is 29.3 Å². The van der Waals surface area contributed by atoms with E-state index in [0.29, 0.717) is 32.7 Å². The first-order valence-electron chi connectivity index (χ1n) is 6.55. The van der Waals surface area contributed by atoms with E-state index in [1.807, 2.05) is 0 Å². The highest BCUT2D eigenvalue weighted by Crippen LogP contribution is 2.24. The van der Waals surface area contributed by atoms with Crippen molar-refractivity contribution in [2.45, 2.75) is 0 Å². The second-order valence-electron chi connectivity index (χ2n) is 4.43. The van der Waals surface area contributed by atoms with Gasteiger partial charge in [-0.25, -0.2) is 5.43 Å². The molecule has 1 amide bonds. The molecule has 0 aromatic heterocycles. The second kappa shape index (κ2) is 7.85. The summed E-state index contributed by atoms with van der Waals surface area (Å²) in [5.74, 6) is 0.572. The number of nitrogens with one attached hydrogen (secondary N) is 1. The molecule has 23 heavy (non-hydrogen) atoms. The Bertz CT molecular complexity index is 748. The van der Waals surface area contributed by atoms with Gasteiger partial charge in [-0.05, 0) is 24.3 Å². The van der Waals surface area contributed by atoms with E-state index < -0.39 is 5.91 Å². The number of methoxy groups -OCH3 is 2. The fourth-order valence-corrected chi connectivity index (χ4v) is 2.27. The van der Waals surface area contributed by atoms with Crippen molar-refractivity contribution in [1.82, 2.24) is 5.43 Å². The largest absolute Gasteiger partial charge is 0.497 e. The second-order valence-corrected chi connectivity index (χ2v) is 5.27. The first kappa shape index (κ1) is 17.1. The molecule has 0 fully saturated rings. The third-order valence-corrected chi connectivity index (χ3v) is 3.55. The van der Waals surface area contributed by atoms with Crippen molar-refractivity contribution >= 4 is 35.3 Å². The third-order valence-electron chi connectivity index (χ3n) is 2.99. The molecule has 5 nitrogen and oxygen atoms in total. The van der Waals surface area contributed by atoms with Crippen LogP contribution in [0.25, 0.3) is 0 Å². The van der Waals surface area contributed by atoms with Gasteiger partial charge in [0.25, 0.3) is 5.91 Å². The monoisotopic (exact) mass is 352 g/mol. The van der Waals surface area contributed by atoms with Gasteiger partial charge in [0.2, 0.25) is 0 Å². The van der Waals surface area contributed by atoms with Crippen molar-refractivity contribution < 1.29 is 14.3 Å². The van der Waals surface area contributed by atoms with Crippen molar-refractivity contribution in [2.24, 2.45) is 5.10 Å². The Morgan fingerprint density at radius 2 is 1.91 bits per heavy atom. The predicted octanol–water partition coefficient (Wildman–Crippen LogP) is 3.77. The lowest BCUT2D eigenvalue weighted by Gasteiger charge is -2.08. The van der Waals surface area contributed by atoms with Gasteiger partial charge in [-0.2, -0.15) is 5.10 Å². The number of halogens is 2. The molecule has 0 aliphatic carbocycles. The number of hydrogen-bond acceptors (Lipinski definition) is 4. The molecule has 0 aliphatic rings. The van der Waals surface area contributed by atoms with Gasteiger partial charge in [0.15, 0.2) is 0 Å². The van der Waals surface area contributed by atoms with Gasteiger partial charge in [0.05, 0.1) is 31.0 Å². The molecule has 0 saturated carbocycles. The number of rotatable bonds is 5. The van der Waals surface area contributed by atoms with Gasteiger partial charge >= 0.3 is 0 Å². The summed E-state index contributed by atoms with van der Waals surface area (Å²) in [5, 5.41) is 4.86. The third kappa shape index (κ3) is 4.37. The Kier molecular flexibility index (Phi) is 5.84. The lowest BCUT2D eigenvalue weighted by Crippen LogP contribution is -2.18. The zero-order valence-corrected chi connectivity index (χ0v) is 14.0. The first-order valence-corrected chi connectivity index (χ1v) is 7.31. The molecular weight excluding hydrogens is 339 g/mol. The number of hydrogen-bond donors (Lipinski definition) is 1. The Balaban J connectivity index is 2.11. The first-order chi connectivity index (χ1) is 11.0. The number of hydrazone groups is 1. The smallest absolute Gasteiger partial charge is 0.275 e. The highest BCUT2D eigenvalue weighted by atomic mass is 35.5. The Labute approximate surface area is 143 Å². The van der Waals surface area contributed by atoms with Gasteiger partial charge in [-0.3, -0.25) is 4.79 Å². The number of carbonyl (C=O) groups excluding carboxylic acids is 1. The van der Waals surface area contributed by atoms with E-state index in [1.165, 1.54) is 20.4 Å². The lowest BCUT2D eigenvalue weighted by molar-refractivity contribution is 0.0952. The zero-order chi connectivity index (χ0) is 16.8. The highest BCUT2D eigenvalue weighted by Gasteiger charge is 2.12. The van der Waals surface area contributed by atoms with E-state index in [1.54, 1.807) is 36.4 Å². The molecule has 0 heterocycles. The van der Waals surface area contributed by atoms with E-state index in [0.717, 1.165) is 0 Å². The molecule has 2 aromatic rings. The van der Waals surface area contributed by atoms with Crippen molar-refractivity contribution in [3.8, 4) is 11.5 Å². The molecule has 0 aliphatic heterocycles. The van der Waals surface area contributed by atoms with Gasteiger partial charge in [0.1, 0.15) is 11.5 Å². The maximum atomic E-state index is 12.2. The standard InChI is InChI=1S/C16H14Cl2N2O3/c1-22-12-5-6-13(15(8-12)23-2)16(21)20-19-9-10-3-4-11(17)7-14(10)18/h3-9H,1-2H3,(H,20,21). The van der Waals surface area contributed by atoms with Crippen LogP contribution < -0.4 is 14.9 Å². The molecule has 0 spiro atoms. The van der Waals surface area contributed by atoms with Crippen molar-refractivity contribution in [3.05, 3.63) is 57.6 Å². The summed E-state index contributed by atoms with van der Waals surface area (Å²) < 4.78 is 10.3. The number of carbonyl (C=O) groups is 1. The van der Waals surface area contributed by atoms with Crippen molar-refractivity contribution in [1.29, 1.82) is 0 Å². The fourth-order valence-electron chi connectivity index (χ4n) is 1.81. The quantitative estimate of drug-likeness (QED) is 0.658. The fraction of sp³-hybridized carbons (Fsp3) is 0.125. The molecule has 0 saturated heterocycles. The highest BCUT2D eigenvalue weighted by molar-refractivity contribution is 6.36. The van der Waals surface area contributed by atoms with E-state index in [2.05, 4.69) is 10.5 Å². The van der Waals surface area contributed by atoms with E-state index >= 15 is 0 Å². The van der Waals surface area contributed by atoms with Gasteiger partial charge < -0.3 is 9.47 Å². The Hall–Kier alpha value is -2.24. The molecule has 1 N–H and O–H groups in total. The van der Waals surface area contributed by atoms with Crippen LogP contribution in [0, 0.1) is 0 Å². The lowest BCUT2D eigenvalue weighted by atomic mass is 10.2. The average Bonchev–Trinajstić information content (AvgIpc) is 2.56. The maximum absolute atomic E-state index is 12.2. The minimum atomic E-state index is -0.411. The van der Waals surface area contributed by atoms with Gasteiger partial charge in [-0.15, -0.1) is 0 Å². The summed E-state index contributed by atoms with van der Waals surface area (Å²) in [6, 6.07) is 9.86. The van der Waals surface area contributed by atoms with Crippen LogP contribution in [0.3, 0.4) is 0 Å². The topological polar surface area (TPSA) is 59.9 Å². The van der Waals surface area contributed by atoms with Crippen molar-refractivity contribution in [3.63, 3.8) is 0 Å². The number of ether oxygens (including phenoxy) is 2. The van der Waals surface area contributed by atoms with Crippen LogP contribution >= 0.6 is 23.2 Å². The Morgan fingerprint density at radius 3 is 2.57 bits per heavy atom. The van der Waals surface area contributed by atoms with Crippen LogP contribution in [0.5, 0.6) is 11.5 Å². The van der Waals surface area contributed by atoms with Crippen LogP contribution in [-0.2, 0) is 0 Å². The SMILES string of the molecule is COc1ccc(C(=O)NN=Cc2ccc(Cl)cc2Cl)c(OC)c1.